The highest BCUT2D eigenvalue weighted by Crippen LogP contribution is 2.36. The van der Waals surface area contributed by atoms with Crippen molar-refractivity contribution in [3.63, 3.8) is 0 Å². The van der Waals surface area contributed by atoms with Gasteiger partial charge in [-0.15, -0.1) is 0 Å². The molecular formula is C15H24BrCl. The van der Waals surface area contributed by atoms with Crippen LogP contribution in [-0.4, -0.2) is 0 Å². The fourth-order valence-corrected chi connectivity index (χ4v) is 3.31. The second-order valence-electron chi connectivity index (χ2n) is 4.97. The van der Waals surface area contributed by atoms with E-state index >= 15 is 0 Å². The molecule has 0 amide bonds. The molecule has 17 heavy (non-hydrogen) atoms. The van der Waals surface area contributed by atoms with Crippen molar-refractivity contribution in [2.45, 2.75) is 65.2 Å². The molecule has 0 saturated heterocycles. The zero-order valence-corrected chi connectivity index (χ0v) is 13.4. The fourth-order valence-electron chi connectivity index (χ4n) is 2.90. The van der Waals surface area contributed by atoms with Gasteiger partial charge in [0.05, 0.1) is 3.94 Å². The van der Waals surface area contributed by atoms with Gasteiger partial charge in [-0.1, -0.05) is 50.3 Å². The number of halogens is 2. The summed E-state index contributed by atoms with van der Waals surface area (Å²) in [6.07, 6.45) is 12.5. The molecule has 2 heteroatoms. The summed E-state index contributed by atoms with van der Waals surface area (Å²) in [5.41, 5.74) is 3.19. The maximum absolute atomic E-state index is 6.00. The predicted octanol–water partition coefficient (Wildman–Crippen LogP) is 6.55. The topological polar surface area (TPSA) is 0 Å². The van der Waals surface area contributed by atoms with E-state index in [9.17, 15) is 0 Å². The first-order chi connectivity index (χ1) is 8.19. The van der Waals surface area contributed by atoms with Gasteiger partial charge in [-0.05, 0) is 65.6 Å². The molecule has 0 fully saturated rings. The predicted molar refractivity (Wildman–Crippen MR) is 81.7 cm³/mol. The first kappa shape index (κ1) is 15.3. The van der Waals surface area contributed by atoms with Crippen molar-refractivity contribution in [1.29, 1.82) is 0 Å². The summed E-state index contributed by atoms with van der Waals surface area (Å²) in [5.74, 6) is 0.803. The zero-order valence-electron chi connectivity index (χ0n) is 11.1. The van der Waals surface area contributed by atoms with Crippen LogP contribution in [0.15, 0.2) is 21.2 Å². The molecule has 0 spiro atoms. The van der Waals surface area contributed by atoms with Crippen LogP contribution in [0.4, 0.5) is 0 Å². The summed E-state index contributed by atoms with van der Waals surface area (Å²) < 4.78 is 0.748. The minimum absolute atomic E-state index is 0.748. The van der Waals surface area contributed by atoms with E-state index in [4.69, 9.17) is 11.6 Å². The van der Waals surface area contributed by atoms with Crippen LogP contribution in [0.3, 0.4) is 0 Å². The lowest BCUT2D eigenvalue weighted by atomic mass is 9.86. The standard InChI is InChI=1S/C15H24BrCl/c1-3-7-12-9-5-6-10-13(11-15(16)17)14(12)8-4-2/h11-12H,3-10H2,1-2H3. The summed E-state index contributed by atoms with van der Waals surface area (Å²) in [7, 11) is 0. The van der Waals surface area contributed by atoms with E-state index in [1.807, 2.05) is 0 Å². The van der Waals surface area contributed by atoms with Gasteiger partial charge in [0.25, 0.3) is 0 Å². The van der Waals surface area contributed by atoms with Gasteiger partial charge >= 0.3 is 0 Å². The maximum atomic E-state index is 6.00. The highest BCUT2D eigenvalue weighted by atomic mass is 79.9. The van der Waals surface area contributed by atoms with Gasteiger partial charge in [0, 0.05) is 0 Å². The fraction of sp³-hybridized carbons (Fsp3) is 0.733. The van der Waals surface area contributed by atoms with E-state index in [2.05, 4.69) is 35.9 Å². The molecule has 0 heterocycles. The van der Waals surface area contributed by atoms with Gasteiger partial charge in [0.15, 0.2) is 0 Å². The van der Waals surface area contributed by atoms with Crippen molar-refractivity contribution in [2.75, 3.05) is 0 Å². The number of hydrogen-bond acceptors (Lipinski definition) is 0. The van der Waals surface area contributed by atoms with E-state index < -0.39 is 0 Å². The van der Waals surface area contributed by atoms with Crippen molar-refractivity contribution in [3.05, 3.63) is 21.2 Å². The van der Waals surface area contributed by atoms with E-state index in [1.165, 1.54) is 56.9 Å². The van der Waals surface area contributed by atoms with Gasteiger partial charge in [-0.3, -0.25) is 0 Å². The molecule has 1 atom stereocenters. The Morgan fingerprint density at radius 1 is 1.35 bits per heavy atom. The molecule has 1 rings (SSSR count). The lowest BCUT2D eigenvalue weighted by molar-refractivity contribution is 0.483. The van der Waals surface area contributed by atoms with E-state index in [0.717, 1.165) is 9.86 Å². The van der Waals surface area contributed by atoms with Crippen LogP contribution in [-0.2, 0) is 0 Å². The Morgan fingerprint density at radius 3 is 2.71 bits per heavy atom. The number of allylic oxidation sites excluding steroid dienone is 3. The highest BCUT2D eigenvalue weighted by molar-refractivity contribution is 9.12. The lowest BCUT2D eigenvalue weighted by Gasteiger charge is -2.20. The van der Waals surface area contributed by atoms with Crippen LogP contribution in [0.2, 0.25) is 0 Å². The Kier molecular flexibility index (Phi) is 7.54. The quantitative estimate of drug-likeness (QED) is 0.539. The van der Waals surface area contributed by atoms with Crippen molar-refractivity contribution in [3.8, 4) is 0 Å². The molecule has 0 aliphatic heterocycles. The van der Waals surface area contributed by atoms with E-state index in [1.54, 1.807) is 5.57 Å². The molecule has 1 aliphatic carbocycles. The Morgan fingerprint density at radius 2 is 2.12 bits per heavy atom. The Bertz CT molecular complexity index is 287. The Labute approximate surface area is 120 Å². The highest BCUT2D eigenvalue weighted by Gasteiger charge is 2.19. The molecule has 0 radical (unpaired) electrons. The maximum Gasteiger partial charge on any atom is 0.0836 e. The summed E-state index contributed by atoms with van der Waals surface area (Å²) in [5, 5.41) is 0. The zero-order chi connectivity index (χ0) is 12.7. The minimum Gasteiger partial charge on any atom is -0.0761 e. The molecule has 0 aromatic rings. The molecular weight excluding hydrogens is 296 g/mol. The molecule has 0 aromatic heterocycles. The van der Waals surface area contributed by atoms with Gasteiger partial charge in [0.2, 0.25) is 0 Å². The monoisotopic (exact) mass is 318 g/mol. The summed E-state index contributed by atoms with van der Waals surface area (Å²) in [6, 6.07) is 0. The molecule has 0 nitrogen and oxygen atoms in total. The van der Waals surface area contributed by atoms with E-state index in [0.29, 0.717) is 0 Å². The van der Waals surface area contributed by atoms with E-state index in [-0.39, 0.29) is 0 Å². The summed E-state index contributed by atoms with van der Waals surface area (Å²) >= 11 is 9.36. The van der Waals surface area contributed by atoms with Crippen LogP contribution in [0.25, 0.3) is 0 Å². The van der Waals surface area contributed by atoms with Crippen LogP contribution < -0.4 is 0 Å². The lowest BCUT2D eigenvalue weighted by Crippen LogP contribution is -2.05. The normalized spacial score (nSPS) is 22.8. The summed E-state index contributed by atoms with van der Waals surface area (Å²) in [4.78, 5) is 0. The first-order valence-electron chi connectivity index (χ1n) is 6.93. The smallest absolute Gasteiger partial charge is 0.0761 e. The molecule has 0 aromatic carbocycles. The third-order valence-corrected chi connectivity index (χ3v) is 3.93. The number of rotatable bonds is 5. The van der Waals surface area contributed by atoms with Crippen LogP contribution >= 0.6 is 27.5 Å². The molecule has 98 valence electrons. The third-order valence-electron chi connectivity index (χ3n) is 3.59. The van der Waals surface area contributed by atoms with Crippen LogP contribution in [0, 0.1) is 5.92 Å². The van der Waals surface area contributed by atoms with Crippen LogP contribution in [0.5, 0.6) is 0 Å². The van der Waals surface area contributed by atoms with Crippen LogP contribution in [0.1, 0.15) is 65.2 Å². The molecule has 1 unspecified atom stereocenters. The molecule has 0 saturated carbocycles. The Hall–Kier alpha value is 0.250. The second-order valence-corrected chi connectivity index (χ2v) is 6.68. The van der Waals surface area contributed by atoms with Gasteiger partial charge in [0.1, 0.15) is 0 Å². The van der Waals surface area contributed by atoms with Gasteiger partial charge in [-0.2, -0.15) is 0 Å². The van der Waals surface area contributed by atoms with Crippen molar-refractivity contribution < 1.29 is 0 Å². The third kappa shape index (κ3) is 5.18. The van der Waals surface area contributed by atoms with Crippen molar-refractivity contribution in [1.82, 2.24) is 0 Å². The molecule has 1 aliphatic rings. The molecule has 0 bridgehead atoms. The minimum atomic E-state index is 0.748. The van der Waals surface area contributed by atoms with Crippen molar-refractivity contribution >= 4 is 27.5 Å². The largest absolute Gasteiger partial charge is 0.0836 e. The average Bonchev–Trinajstić information content (AvgIpc) is 2.44. The Balaban J connectivity index is 2.99. The van der Waals surface area contributed by atoms with Gasteiger partial charge in [-0.25, -0.2) is 0 Å². The van der Waals surface area contributed by atoms with Crippen molar-refractivity contribution in [2.24, 2.45) is 5.92 Å². The number of hydrogen-bond donors (Lipinski definition) is 0. The average molecular weight is 320 g/mol. The molecule has 0 N–H and O–H groups in total. The summed E-state index contributed by atoms with van der Waals surface area (Å²) in [6.45, 7) is 4.57. The first-order valence-corrected chi connectivity index (χ1v) is 8.10. The second kappa shape index (κ2) is 8.37. The van der Waals surface area contributed by atoms with Gasteiger partial charge < -0.3 is 0 Å². The SMILES string of the molecule is CCCC1=C(C=C(Cl)Br)CCCCC1CCC.